The van der Waals surface area contributed by atoms with Gasteiger partial charge in [-0.1, -0.05) is 19.1 Å². The third-order valence-electron chi connectivity index (χ3n) is 5.75. The van der Waals surface area contributed by atoms with Crippen LogP contribution in [0, 0.1) is 6.92 Å². The fourth-order valence-corrected chi connectivity index (χ4v) is 5.59. The summed E-state index contributed by atoms with van der Waals surface area (Å²) in [5.41, 5.74) is 3.26. The van der Waals surface area contributed by atoms with Crippen LogP contribution in [0.25, 0.3) is 21.7 Å². The zero-order valence-corrected chi connectivity index (χ0v) is 22.8. The van der Waals surface area contributed by atoms with E-state index in [1.807, 2.05) is 31.2 Å². The first-order valence-electron chi connectivity index (χ1n) is 11.8. The molecule has 0 spiro atoms. The van der Waals surface area contributed by atoms with Gasteiger partial charge in [0, 0.05) is 5.56 Å². The minimum absolute atomic E-state index is 0.0393. The molecule has 1 aromatic heterocycles. The summed E-state index contributed by atoms with van der Waals surface area (Å²) in [6, 6.07) is 19.6. The van der Waals surface area contributed by atoms with Gasteiger partial charge in [-0.15, -0.1) is 11.3 Å². The van der Waals surface area contributed by atoms with E-state index in [1.54, 1.807) is 56.5 Å². The summed E-state index contributed by atoms with van der Waals surface area (Å²) in [5.74, 6) is 0.805. The van der Waals surface area contributed by atoms with E-state index in [9.17, 15) is 13.2 Å². The van der Waals surface area contributed by atoms with Gasteiger partial charge >= 0.3 is 5.97 Å². The van der Waals surface area contributed by atoms with Gasteiger partial charge in [-0.25, -0.2) is 18.2 Å². The lowest BCUT2D eigenvalue weighted by atomic mass is 10.1. The predicted molar refractivity (Wildman–Crippen MR) is 146 cm³/mol. The molecule has 198 valence electrons. The van der Waals surface area contributed by atoms with E-state index in [-0.39, 0.29) is 17.3 Å². The number of sulfone groups is 1. The molecule has 4 aromatic rings. The van der Waals surface area contributed by atoms with E-state index in [1.165, 1.54) is 11.3 Å². The topological polar surface area (TPSA) is 112 Å². The first-order valence-corrected chi connectivity index (χ1v) is 14.2. The fraction of sp³-hybridized carbons (Fsp3) is 0.214. The van der Waals surface area contributed by atoms with E-state index in [4.69, 9.17) is 24.3 Å². The van der Waals surface area contributed by atoms with Gasteiger partial charge < -0.3 is 19.3 Å². The first-order chi connectivity index (χ1) is 18.2. The van der Waals surface area contributed by atoms with Gasteiger partial charge in [-0.2, -0.15) is 0 Å². The zero-order valence-electron chi connectivity index (χ0n) is 21.1. The van der Waals surface area contributed by atoms with Crippen molar-refractivity contribution in [2.45, 2.75) is 25.3 Å². The Morgan fingerprint density at radius 2 is 1.61 bits per heavy atom. The predicted octanol–water partition coefficient (Wildman–Crippen LogP) is 5.63. The van der Waals surface area contributed by atoms with Gasteiger partial charge in [0.1, 0.15) is 28.9 Å². The van der Waals surface area contributed by atoms with E-state index >= 15 is 0 Å². The minimum atomic E-state index is -3.30. The maximum absolute atomic E-state index is 12.3. The summed E-state index contributed by atoms with van der Waals surface area (Å²) in [7, 11) is -1.69. The second-order valence-electron chi connectivity index (χ2n) is 8.34. The molecule has 0 saturated carbocycles. The molecule has 0 bridgehead atoms. The van der Waals surface area contributed by atoms with E-state index in [2.05, 4.69) is 0 Å². The Balaban J connectivity index is 1.62. The Hall–Kier alpha value is -3.89. The molecule has 0 saturated heterocycles. The molecule has 0 atom stereocenters. The summed E-state index contributed by atoms with van der Waals surface area (Å²) < 4.78 is 41.1. The highest BCUT2D eigenvalue weighted by molar-refractivity contribution is 7.91. The third kappa shape index (κ3) is 6.32. The molecule has 0 unspecified atom stereocenters. The molecule has 0 amide bonds. The van der Waals surface area contributed by atoms with Crippen LogP contribution in [-0.2, 0) is 21.2 Å². The second-order valence-corrected chi connectivity index (χ2v) is 11.7. The number of hydrogen-bond acceptors (Lipinski definition) is 8. The van der Waals surface area contributed by atoms with Crippen molar-refractivity contribution in [2.24, 2.45) is 0 Å². The number of carboxylic acids is 1. The van der Waals surface area contributed by atoms with Crippen molar-refractivity contribution in [3.05, 3.63) is 77.3 Å². The summed E-state index contributed by atoms with van der Waals surface area (Å²) in [6.45, 7) is 3.24. The number of methoxy groups -OCH3 is 1. The molecule has 4 rings (SSSR count). The molecule has 3 aromatic carbocycles. The van der Waals surface area contributed by atoms with Crippen molar-refractivity contribution in [3.8, 4) is 38.9 Å². The van der Waals surface area contributed by atoms with Crippen LogP contribution >= 0.6 is 11.3 Å². The average molecular weight is 554 g/mol. The van der Waals surface area contributed by atoms with Gasteiger partial charge in [0.25, 0.3) is 0 Å². The van der Waals surface area contributed by atoms with Crippen molar-refractivity contribution in [1.29, 1.82) is 0 Å². The Bertz CT molecular complexity index is 1530. The first kappa shape index (κ1) is 27.2. The average Bonchev–Trinajstić information content (AvgIpc) is 3.35. The van der Waals surface area contributed by atoms with Crippen LogP contribution in [0.2, 0.25) is 0 Å². The molecule has 1 N–H and O–H groups in total. The number of benzene rings is 3. The number of hydrogen-bond donors (Lipinski definition) is 1. The Morgan fingerprint density at radius 3 is 2.21 bits per heavy atom. The van der Waals surface area contributed by atoms with E-state index in [0.717, 1.165) is 38.0 Å². The quantitative estimate of drug-likeness (QED) is 0.254. The number of aromatic nitrogens is 1. The van der Waals surface area contributed by atoms with Crippen LogP contribution in [-0.4, -0.2) is 43.9 Å². The van der Waals surface area contributed by atoms with Crippen molar-refractivity contribution >= 4 is 27.1 Å². The summed E-state index contributed by atoms with van der Waals surface area (Å²) in [4.78, 5) is 16.8. The fourth-order valence-electron chi connectivity index (χ4n) is 3.70. The number of ether oxygens (including phenoxy) is 3. The molecule has 38 heavy (non-hydrogen) atoms. The molecule has 0 radical (unpaired) electrons. The van der Waals surface area contributed by atoms with Gasteiger partial charge in [-0.3, -0.25) is 0 Å². The highest BCUT2D eigenvalue weighted by Gasteiger charge is 2.18. The van der Waals surface area contributed by atoms with Gasteiger partial charge in [0.15, 0.2) is 16.4 Å². The maximum Gasteiger partial charge on any atom is 0.341 e. The normalized spacial score (nSPS) is 11.2. The Kier molecular flexibility index (Phi) is 8.33. The number of nitrogens with zero attached hydrogens (tertiary/aromatic N) is 1. The summed E-state index contributed by atoms with van der Waals surface area (Å²) in [5, 5.41) is 9.55. The van der Waals surface area contributed by atoms with Crippen molar-refractivity contribution in [1.82, 2.24) is 4.98 Å². The smallest absolute Gasteiger partial charge is 0.341 e. The highest BCUT2D eigenvalue weighted by Crippen LogP contribution is 2.38. The molecule has 8 nitrogen and oxygen atoms in total. The number of carbonyl (C=O) groups is 1. The van der Waals surface area contributed by atoms with Gasteiger partial charge in [0.2, 0.25) is 0 Å². The SMILES string of the molecule is CCS(=O)(=O)c1ccc(-c2sc(COc3ccc(OCC(=O)O)c(C)c3)nc2-c2ccc(OC)cc2)cc1. The van der Waals surface area contributed by atoms with Crippen molar-refractivity contribution < 1.29 is 32.5 Å². The zero-order chi connectivity index (χ0) is 27.3. The number of thiazole rings is 1. The molecule has 10 heteroatoms. The Labute approximate surface area is 225 Å². The molecular formula is C28H27NO7S2. The van der Waals surface area contributed by atoms with Gasteiger partial charge in [-0.05, 0) is 72.6 Å². The van der Waals surface area contributed by atoms with Crippen LogP contribution in [0.4, 0.5) is 0 Å². The molecule has 0 fully saturated rings. The monoisotopic (exact) mass is 553 g/mol. The minimum Gasteiger partial charge on any atom is -0.497 e. The lowest BCUT2D eigenvalue weighted by Gasteiger charge is -2.09. The van der Waals surface area contributed by atoms with E-state index < -0.39 is 22.4 Å². The number of carboxylic acid groups (broad SMARTS) is 1. The molecule has 0 aliphatic heterocycles. The van der Waals surface area contributed by atoms with Crippen molar-refractivity contribution in [2.75, 3.05) is 19.5 Å². The maximum atomic E-state index is 12.3. The molecule has 0 aliphatic rings. The lowest BCUT2D eigenvalue weighted by Crippen LogP contribution is -2.10. The highest BCUT2D eigenvalue weighted by atomic mass is 32.2. The van der Waals surface area contributed by atoms with Crippen LogP contribution in [0.3, 0.4) is 0 Å². The molecular weight excluding hydrogens is 526 g/mol. The van der Waals surface area contributed by atoms with Crippen LogP contribution in [0.15, 0.2) is 71.6 Å². The van der Waals surface area contributed by atoms with E-state index in [0.29, 0.717) is 11.5 Å². The van der Waals surface area contributed by atoms with Crippen LogP contribution in [0.1, 0.15) is 17.5 Å². The Morgan fingerprint density at radius 1 is 0.947 bits per heavy atom. The van der Waals surface area contributed by atoms with Crippen LogP contribution in [0.5, 0.6) is 17.2 Å². The van der Waals surface area contributed by atoms with Crippen molar-refractivity contribution in [3.63, 3.8) is 0 Å². The summed E-state index contributed by atoms with van der Waals surface area (Å²) >= 11 is 1.47. The van der Waals surface area contributed by atoms with Crippen LogP contribution < -0.4 is 14.2 Å². The number of aliphatic carboxylic acids is 1. The summed E-state index contributed by atoms with van der Waals surface area (Å²) in [6.07, 6.45) is 0. The largest absolute Gasteiger partial charge is 0.497 e. The standard InChI is InChI=1S/C28H27NO7S2/c1-4-38(32,33)23-12-7-20(8-13-23)28-27(19-5-9-21(34-3)10-6-19)29-25(37-28)16-35-22-11-14-24(18(2)15-22)36-17-26(30)31/h5-15H,4,16-17H2,1-3H3,(H,30,31). The lowest BCUT2D eigenvalue weighted by molar-refractivity contribution is -0.139. The van der Waals surface area contributed by atoms with Gasteiger partial charge in [0.05, 0.1) is 28.3 Å². The number of aryl methyl sites for hydroxylation is 1. The second kappa shape index (κ2) is 11.7. The molecule has 0 aliphatic carbocycles. The number of rotatable bonds is 11. The molecule has 1 heterocycles. The third-order valence-corrected chi connectivity index (χ3v) is 8.58.